The monoisotopic (exact) mass is 390 g/mol. The van der Waals surface area contributed by atoms with Gasteiger partial charge in [0.05, 0.1) is 5.41 Å². The third-order valence-corrected chi connectivity index (χ3v) is 5.48. The Hall–Kier alpha value is -1.84. The molecule has 0 heterocycles. The van der Waals surface area contributed by atoms with Gasteiger partial charge in [-0.2, -0.15) is 0 Å². The largest absolute Gasteiger partial charge is 0.481 e. The fourth-order valence-electron chi connectivity index (χ4n) is 3.30. The number of rotatable bonds is 15. The van der Waals surface area contributed by atoms with Crippen LogP contribution in [0.2, 0.25) is 0 Å². The minimum absolute atomic E-state index is 0.366. The molecule has 0 amide bonds. The predicted octanol–water partition coefficient (Wildman–Crippen LogP) is 5.95. The van der Waals surface area contributed by atoms with Crippen molar-refractivity contribution in [3.63, 3.8) is 0 Å². The molecule has 0 unspecified atom stereocenters. The first-order valence-corrected chi connectivity index (χ1v) is 10.6. The number of carbonyl (C=O) groups is 2. The highest BCUT2D eigenvalue weighted by Crippen LogP contribution is 2.24. The topological polar surface area (TPSA) is 63.6 Å². The molecular formula is C24H38O4. The van der Waals surface area contributed by atoms with Gasteiger partial charge in [-0.15, -0.1) is 0 Å². The number of carbonyl (C=O) groups excluding carboxylic acids is 1. The van der Waals surface area contributed by atoms with E-state index in [9.17, 15) is 9.59 Å². The zero-order valence-electron chi connectivity index (χ0n) is 18.1. The highest BCUT2D eigenvalue weighted by Gasteiger charge is 2.25. The minimum Gasteiger partial charge on any atom is -0.481 e. The fraction of sp³-hybridized carbons (Fsp3) is 0.667. The Balaban J connectivity index is 2.18. The summed E-state index contributed by atoms with van der Waals surface area (Å²) in [6.45, 7) is 8.04. The van der Waals surface area contributed by atoms with Crippen LogP contribution in [-0.4, -0.2) is 23.1 Å². The van der Waals surface area contributed by atoms with E-state index in [0.717, 1.165) is 64.2 Å². The Morgan fingerprint density at radius 3 is 1.82 bits per heavy atom. The minimum atomic E-state index is -0.703. The maximum absolute atomic E-state index is 11.1. The Labute approximate surface area is 170 Å². The molecule has 0 atom stereocenters. The highest BCUT2D eigenvalue weighted by molar-refractivity contribution is 5.73. The zero-order chi connectivity index (χ0) is 21.0. The van der Waals surface area contributed by atoms with Gasteiger partial charge in [0.1, 0.15) is 5.60 Å². The van der Waals surface area contributed by atoms with Crippen molar-refractivity contribution in [2.75, 3.05) is 0 Å². The third kappa shape index (κ3) is 9.91. The van der Waals surface area contributed by atoms with E-state index < -0.39 is 11.4 Å². The van der Waals surface area contributed by atoms with Crippen molar-refractivity contribution in [2.24, 2.45) is 5.41 Å². The summed E-state index contributed by atoms with van der Waals surface area (Å²) in [5.74, 6) is -0.703. The van der Waals surface area contributed by atoms with Crippen LogP contribution in [0.15, 0.2) is 24.3 Å². The lowest BCUT2D eigenvalue weighted by molar-refractivity contribution is -0.147. The Morgan fingerprint density at radius 2 is 1.32 bits per heavy atom. The molecular weight excluding hydrogens is 352 g/mol. The van der Waals surface area contributed by atoms with Crippen LogP contribution in [-0.2, 0) is 27.2 Å². The standard InChI is InChI=1S/C24H38O4/c1-23(2,22(26)27)17-9-6-5-7-11-20-13-15-21(16-14-20)12-8-10-18-24(3,4)28-19-25/h13-16,19H,5-12,17-18H2,1-4H3,(H,26,27). The van der Waals surface area contributed by atoms with Gasteiger partial charge in [-0.3, -0.25) is 9.59 Å². The maximum Gasteiger partial charge on any atom is 0.309 e. The van der Waals surface area contributed by atoms with Crippen LogP contribution < -0.4 is 0 Å². The summed E-state index contributed by atoms with van der Waals surface area (Å²) < 4.78 is 5.08. The van der Waals surface area contributed by atoms with Crippen molar-refractivity contribution in [3.8, 4) is 0 Å². The zero-order valence-corrected chi connectivity index (χ0v) is 18.1. The molecule has 158 valence electrons. The van der Waals surface area contributed by atoms with Gasteiger partial charge in [0, 0.05) is 0 Å². The van der Waals surface area contributed by atoms with E-state index in [1.54, 1.807) is 13.8 Å². The summed E-state index contributed by atoms with van der Waals surface area (Å²) in [5.41, 5.74) is 1.76. The summed E-state index contributed by atoms with van der Waals surface area (Å²) in [6.07, 6.45) is 10.3. The number of aliphatic carboxylic acids is 1. The molecule has 0 bridgehead atoms. The van der Waals surface area contributed by atoms with Crippen LogP contribution >= 0.6 is 0 Å². The second kappa shape index (κ2) is 11.9. The van der Waals surface area contributed by atoms with E-state index in [1.165, 1.54) is 11.1 Å². The number of hydrogen-bond donors (Lipinski definition) is 1. The van der Waals surface area contributed by atoms with Crippen LogP contribution in [0.1, 0.15) is 90.2 Å². The molecule has 0 saturated carbocycles. The van der Waals surface area contributed by atoms with Crippen molar-refractivity contribution >= 4 is 12.4 Å². The van der Waals surface area contributed by atoms with Gasteiger partial charge in [-0.25, -0.2) is 0 Å². The smallest absolute Gasteiger partial charge is 0.309 e. The normalized spacial score (nSPS) is 12.0. The lowest BCUT2D eigenvalue weighted by atomic mass is 9.87. The molecule has 0 spiro atoms. The first kappa shape index (κ1) is 24.2. The Bertz CT molecular complexity index is 587. The molecule has 0 aliphatic rings. The first-order valence-electron chi connectivity index (χ1n) is 10.6. The quantitative estimate of drug-likeness (QED) is 0.297. The molecule has 0 fully saturated rings. The number of ether oxygens (including phenoxy) is 1. The van der Waals surface area contributed by atoms with Crippen LogP contribution in [0.5, 0.6) is 0 Å². The van der Waals surface area contributed by atoms with Gasteiger partial charge in [0.25, 0.3) is 6.47 Å². The Kier molecular flexibility index (Phi) is 10.3. The number of aryl methyl sites for hydroxylation is 2. The number of unbranched alkanes of at least 4 members (excludes halogenated alkanes) is 4. The van der Waals surface area contributed by atoms with Crippen molar-refractivity contribution in [1.29, 1.82) is 0 Å². The average Bonchev–Trinajstić information content (AvgIpc) is 2.62. The highest BCUT2D eigenvalue weighted by atomic mass is 16.5. The first-order chi connectivity index (χ1) is 13.2. The molecule has 0 aliphatic heterocycles. The molecule has 1 aromatic carbocycles. The molecule has 4 heteroatoms. The SMILES string of the molecule is CC(C)(CCCCc1ccc(CCCCCCC(C)(C)C(=O)O)cc1)OC=O. The second-order valence-corrected chi connectivity index (χ2v) is 9.10. The second-order valence-electron chi connectivity index (χ2n) is 9.10. The van der Waals surface area contributed by atoms with Crippen LogP contribution in [0, 0.1) is 5.41 Å². The molecule has 0 aliphatic carbocycles. The number of carboxylic acids is 1. The molecule has 0 radical (unpaired) electrons. The maximum atomic E-state index is 11.1. The number of carboxylic acid groups (broad SMARTS) is 1. The molecule has 28 heavy (non-hydrogen) atoms. The third-order valence-electron chi connectivity index (χ3n) is 5.48. The summed E-state index contributed by atoms with van der Waals surface area (Å²) >= 11 is 0. The number of benzene rings is 1. The van der Waals surface area contributed by atoms with Gasteiger partial charge in [0.15, 0.2) is 0 Å². The molecule has 0 aromatic heterocycles. The fourth-order valence-corrected chi connectivity index (χ4v) is 3.30. The molecule has 1 rings (SSSR count). The summed E-state index contributed by atoms with van der Waals surface area (Å²) in [7, 11) is 0. The Morgan fingerprint density at radius 1 is 0.857 bits per heavy atom. The lowest BCUT2D eigenvalue weighted by Crippen LogP contribution is -2.23. The molecule has 1 N–H and O–H groups in total. The van der Waals surface area contributed by atoms with Gasteiger partial charge in [0.2, 0.25) is 0 Å². The van der Waals surface area contributed by atoms with Crippen molar-refractivity contribution < 1.29 is 19.4 Å². The number of hydrogen-bond acceptors (Lipinski definition) is 3. The van der Waals surface area contributed by atoms with Gasteiger partial charge >= 0.3 is 5.97 Å². The van der Waals surface area contributed by atoms with E-state index in [0.29, 0.717) is 6.47 Å². The lowest BCUT2D eigenvalue weighted by Gasteiger charge is -2.22. The van der Waals surface area contributed by atoms with Crippen LogP contribution in [0.4, 0.5) is 0 Å². The average molecular weight is 391 g/mol. The van der Waals surface area contributed by atoms with Crippen molar-refractivity contribution in [3.05, 3.63) is 35.4 Å². The van der Waals surface area contributed by atoms with Gasteiger partial charge in [-0.05, 0) is 83.8 Å². The van der Waals surface area contributed by atoms with E-state index >= 15 is 0 Å². The predicted molar refractivity (Wildman–Crippen MR) is 113 cm³/mol. The van der Waals surface area contributed by atoms with Gasteiger partial charge < -0.3 is 9.84 Å². The molecule has 1 aromatic rings. The van der Waals surface area contributed by atoms with Crippen LogP contribution in [0.3, 0.4) is 0 Å². The van der Waals surface area contributed by atoms with Gasteiger partial charge in [-0.1, -0.05) is 43.5 Å². The van der Waals surface area contributed by atoms with Crippen molar-refractivity contribution in [2.45, 2.75) is 97.5 Å². The molecule has 4 nitrogen and oxygen atoms in total. The summed E-state index contributed by atoms with van der Waals surface area (Å²) in [6, 6.07) is 8.89. The van der Waals surface area contributed by atoms with Crippen LogP contribution in [0.25, 0.3) is 0 Å². The van der Waals surface area contributed by atoms with E-state index in [1.807, 2.05) is 13.8 Å². The van der Waals surface area contributed by atoms with E-state index in [-0.39, 0.29) is 5.60 Å². The van der Waals surface area contributed by atoms with E-state index in [2.05, 4.69) is 24.3 Å². The summed E-state index contributed by atoms with van der Waals surface area (Å²) in [5, 5.41) is 9.12. The van der Waals surface area contributed by atoms with E-state index in [4.69, 9.17) is 9.84 Å². The summed E-state index contributed by atoms with van der Waals surface area (Å²) in [4.78, 5) is 21.5. The van der Waals surface area contributed by atoms with Crippen molar-refractivity contribution in [1.82, 2.24) is 0 Å². The molecule has 0 saturated heterocycles.